The first kappa shape index (κ1) is 27.5. The normalized spacial score (nSPS) is 16.7. The van der Waals surface area contributed by atoms with E-state index < -0.39 is 41.8 Å². The van der Waals surface area contributed by atoms with Gasteiger partial charge >= 0.3 is 5.97 Å². The molecule has 10 N–H and O–H groups in total. The van der Waals surface area contributed by atoms with E-state index in [-0.39, 0.29) is 31.9 Å². The molecule has 200 valence electrons. The minimum atomic E-state index is -1.08. The maximum atomic E-state index is 12.9. The molecule has 1 aliphatic rings. The van der Waals surface area contributed by atoms with Crippen LogP contribution in [-0.2, 0) is 25.6 Å². The minimum Gasteiger partial charge on any atom is -0.480 e. The van der Waals surface area contributed by atoms with Gasteiger partial charge in [0.1, 0.15) is 12.1 Å². The van der Waals surface area contributed by atoms with Crippen molar-refractivity contribution in [3.8, 4) is 0 Å². The number of hydrogen-bond donors (Lipinski definition) is 7. The highest BCUT2D eigenvalue weighted by molar-refractivity contribution is 5.93. The van der Waals surface area contributed by atoms with Crippen LogP contribution in [0.5, 0.6) is 0 Å². The number of nitrogens with two attached hydrogens (primary N) is 3. The number of likely N-dealkylation sites (tertiary alicyclic amines) is 1. The molecule has 13 heteroatoms. The number of para-hydroxylation sites is 1. The van der Waals surface area contributed by atoms with Gasteiger partial charge in [-0.05, 0) is 43.7 Å². The van der Waals surface area contributed by atoms with Gasteiger partial charge in [0.05, 0.1) is 12.6 Å². The molecule has 0 saturated carbocycles. The summed E-state index contributed by atoms with van der Waals surface area (Å²) in [6.07, 6.45) is 3.58. The fourth-order valence-corrected chi connectivity index (χ4v) is 4.39. The number of hydrogen-bond acceptors (Lipinski definition) is 6. The summed E-state index contributed by atoms with van der Waals surface area (Å²) in [6.45, 7) is 0.174. The van der Waals surface area contributed by atoms with E-state index in [0.29, 0.717) is 25.8 Å². The number of H-pyrrole nitrogens is 1. The van der Waals surface area contributed by atoms with Crippen molar-refractivity contribution >= 4 is 40.6 Å². The van der Waals surface area contributed by atoms with Crippen LogP contribution in [0.15, 0.2) is 35.5 Å². The number of nitrogens with one attached hydrogen (secondary N) is 3. The molecule has 1 aromatic carbocycles. The Morgan fingerprint density at radius 3 is 2.68 bits per heavy atom. The van der Waals surface area contributed by atoms with E-state index in [1.54, 1.807) is 6.20 Å². The molecular formula is C24H34N8O5. The zero-order valence-corrected chi connectivity index (χ0v) is 20.5. The van der Waals surface area contributed by atoms with Crippen LogP contribution < -0.4 is 27.8 Å². The van der Waals surface area contributed by atoms with Gasteiger partial charge in [0.25, 0.3) is 0 Å². The highest BCUT2D eigenvalue weighted by Crippen LogP contribution is 2.19. The summed E-state index contributed by atoms with van der Waals surface area (Å²) in [5.74, 6) is -2.78. The molecule has 0 spiro atoms. The number of aromatic nitrogens is 1. The van der Waals surface area contributed by atoms with E-state index >= 15 is 0 Å². The minimum absolute atomic E-state index is 0.0880. The third kappa shape index (κ3) is 7.43. The lowest BCUT2D eigenvalue weighted by molar-refractivity contribution is -0.148. The largest absolute Gasteiger partial charge is 0.480 e. The standard InChI is InChI=1S/C24H34N8O5/c25-16(11-14-12-29-17-6-2-1-5-15(14)17)21(34)31-18(7-3-9-28-24(26)27)22(35)30-13-20(33)32-10-4-8-19(32)23(36)37/h1-2,5-6,12,16,18-19,29H,3-4,7-11,13,25H2,(H,30,35)(H,31,34)(H,36,37)(H4,26,27,28). The number of carboxylic acid groups (broad SMARTS) is 1. The second-order valence-corrected chi connectivity index (χ2v) is 8.98. The zero-order valence-electron chi connectivity index (χ0n) is 20.5. The first-order valence-electron chi connectivity index (χ1n) is 12.1. The molecule has 1 fully saturated rings. The number of aliphatic carboxylic acids is 1. The van der Waals surface area contributed by atoms with Crippen LogP contribution in [0.3, 0.4) is 0 Å². The molecule has 3 atom stereocenters. The van der Waals surface area contributed by atoms with E-state index in [9.17, 15) is 24.3 Å². The van der Waals surface area contributed by atoms with Crippen LogP contribution >= 0.6 is 0 Å². The Morgan fingerprint density at radius 1 is 1.19 bits per heavy atom. The fourth-order valence-electron chi connectivity index (χ4n) is 4.39. The predicted octanol–water partition coefficient (Wildman–Crippen LogP) is -1.23. The second-order valence-electron chi connectivity index (χ2n) is 8.98. The monoisotopic (exact) mass is 514 g/mol. The molecule has 3 unspecified atom stereocenters. The van der Waals surface area contributed by atoms with Crippen LogP contribution in [0.4, 0.5) is 0 Å². The Bertz CT molecular complexity index is 1160. The van der Waals surface area contributed by atoms with E-state index in [4.69, 9.17) is 17.2 Å². The molecular weight excluding hydrogens is 480 g/mol. The van der Waals surface area contributed by atoms with Gasteiger partial charge in [-0.25, -0.2) is 4.79 Å². The molecule has 0 aliphatic carbocycles. The lowest BCUT2D eigenvalue weighted by atomic mass is 10.0. The highest BCUT2D eigenvalue weighted by Gasteiger charge is 2.34. The predicted molar refractivity (Wildman–Crippen MR) is 137 cm³/mol. The second kappa shape index (κ2) is 12.7. The molecule has 37 heavy (non-hydrogen) atoms. The molecule has 0 bridgehead atoms. The van der Waals surface area contributed by atoms with Gasteiger partial charge < -0.3 is 42.8 Å². The average Bonchev–Trinajstić information content (AvgIpc) is 3.52. The smallest absolute Gasteiger partial charge is 0.326 e. The summed E-state index contributed by atoms with van der Waals surface area (Å²) >= 11 is 0. The van der Waals surface area contributed by atoms with E-state index in [0.717, 1.165) is 16.5 Å². The van der Waals surface area contributed by atoms with Gasteiger partial charge in [-0.1, -0.05) is 18.2 Å². The third-order valence-corrected chi connectivity index (χ3v) is 6.30. The molecule has 1 aromatic heterocycles. The van der Waals surface area contributed by atoms with Crippen molar-refractivity contribution in [2.24, 2.45) is 22.2 Å². The van der Waals surface area contributed by atoms with Crippen LogP contribution in [0.1, 0.15) is 31.2 Å². The van der Waals surface area contributed by atoms with Gasteiger partial charge in [0, 0.05) is 30.2 Å². The number of nitrogens with zero attached hydrogens (tertiary/aromatic N) is 2. The molecule has 2 aromatic rings. The Labute approximate surface area is 213 Å². The quantitative estimate of drug-likeness (QED) is 0.103. The van der Waals surface area contributed by atoms with Crippen molar-refractivity contribution in [3.63, 3.8) is 0 Å². The lowest BCUT2D eigenvalue weighted by Crippen LogP contribution is -2.53. The summed E-state index contributed by atoms with van der Waals surface area (Å²) in [5.41, 5.74) is 18.6. The zero-order chi connectivity index (χ0) is 26.9. The lowest BCUT2D eigenvalue weighted by Gasteiger charge is -2.23. The number of aromatic amines is 1. The summed E-state index contributed by atoms with van der Waals surface area (Å²) in [7, 11) is 0. The van der Waals surface area contributed by atoms with Crippen molar-refractivity contribution in [2.45, 2.75) is 50.2 Å². The molecule has 3 amide bonds. The topological polar surface area (TPSA) is 222 Å². The van der Waals surface area contributed by atoms with Crippen molar-refractivity contribution in [3.05, 3.63) is 36.0 Å². The number of benzene rings is 1. The van der Waals surface area contributed by atoms with Crippen LogP contribution in [0, 0.1) is 0 Å². The van der Waals surface area contributed by atoms with Crippen molar-refractivity contribution in [1.29, 1.82) is 0 Å². The molecule has 1 aliphatic heterocycles. The maximum Gasteiger partial charge on any atom is 0.326 e. The number of aliphatic imine (C=N–C) groups is 1. The summed E-state index contributed by atoms with van der Waals surface area (Å²) in [5, 5.41) is 15.4. The summed E-state index contributed by atoms with van der Waals surface area (Å²) in [6, 6.07) is 4.83. The molecule has 1 saturated heterocycles. The van der Waals surface area contributed by atoms with Gasteiger partial charge in [0.2, 0.25) is 17.7 Å². The fraction of sp³-hybridized carbons (Fsp3) is 0.458. The molecule has 13 nitrogen and oxygen atoms in total. The summed E-state index contributed by atoms with van der Waals surface area (Å²) < 4.78 is 0. The van der Waals surface area contributed by atoms with Gasteiger partial charge in [-0.2, -0.15) is 0 Å². The SMILES string of the molecule is NC(N)=NCCCC(NC(=O)C(N)Cc1c[nH]c2ccccc12)C(=O)NCC(=O)N1CCCC1C(=O)O. The number of fused-ring (bicyclic) bond motifs is 1. The highest BCUT2D eigenvalue weighted by atomic mass is 16.4. The van der Waals surface area contributed by atoms with E-state index in [1.807, 2.05) is 24.3 Å². The number of amides is 3. The Hall–Kier alpha value is -4.13. The first-order valence-corrected chi connectivity index (χ1v) is 12.1. The average molecular weight is 515 g/mol. The first-order chi connectivity index (χ1) is 17.7. The van der Waals surface area contributed by atoms with Gasteiger partial charge in [0.15, 0.2) is 5.96 Å². The third-order valence-electron chi connectivity index (χ3n) is 6.30. The van der Waals surface area contributed by atoms with E-state index in [2.05, 4.69) is 20.6 Å². The number of guanidine groups is 1. The number of carbonyl (C=O) groups is 4. The number of rotatable bonds is 12. The van der Waals surface area contributed by atoms with Gasteiger partial charge in [-0.15, -0.1) is 0 Å². The summed E-state index contributed by atoms with van der Waals surface area (Å²) in [4.78, 5) is 58.0. The van der Waals surface area contributed by atoms with E-state index in [1.165, 1.54) is 4.90 Å². The molecule has 2 heterocycles. The maximum absolute atomic E-state index is 12.9. The van der Waals surface area contributed by atoms with Crippen LogP contribution in [0.2, 0.25) is 0 Å². The Balaban J connectivity index is 1.61. The van der Waals surface area contributed by atoms with Crippen molar-refractivity contribution in [1.82, 2.24) is 20.5 Å². The molecule has 3 rings (SSSR count). The number of carboxylic acids is 1. The number of carbonyl (C=O) groups excluding carboxylic acids is 3. The van der Waals surface area contributed by atoms with Crippen LogP contribution in [-0.4, -0.2) is 82.4 Å². The van der Waals surface area contributed by atoms with Crippen molar-refractivity contribution < 1.29 is 24.3 Å². The Morgan fingerprint density at radius 2 is 1.95 bits per heavy atom. The van der Waals surface area contributed by atoms with Crippen molar-refractivity contribution in [2.75, 3.05) is 19.6 Å². The van der Waals surface area contributed by atoms with Crippen LogP contribution in [0.25, 0.3) is 10.9 Å². The molecule has 0 radical (unpaired) electrons. The van der Waals surface area contributed by atoms with Gasteiger partial charge in [-0.3, -0.25) is 19.4 Å². The Kier molecular flexibility index (Phi) is 9.44.